The Hall–Kier alpha value is -3.96. The molecule has 2 heterocycles. The molecule has 1 fully saturated rings. The van der Waals surface area contributed by atoms with Crippen LogP contribution in [0.2, 0.25) is 0 Å². The fraction of sp³-hybridized carbons (Fsp3) is 0.357. The number of aromatic nitrogens is 5. The van der Waals surface area contributed by atoms with E-state index in [-0.39, 0.29) is 28.8 Å². The van der Waals surface area contributed by atoms with Crippen molar-refractivity contribution >= 4 is 0 Å². The average molecular weight is 564 g/mol. The second kappa shape index (κ2) is 12.5. The molecule has 12 heteroatoms. The van der Waals surface area contributed by atoms with Gasteiger partial charge in [-0.2, -0.15) is 27.1 Å². The Bertz CT molecular complexity index is 1470. The Morgan fingerprint density at radius 3 is 2.35 bits per heavy atom. The van der Waals surface area contributed by atoms with E-state index in [2.05, 4.69) is 15.3 Å². The molecule has 2 aromatic carbocycles. The van der Waals surface area contributed by atoms with E-state index >= 15 is 0 Å². The Balaban J connectivity index is 0.000000398. The summed E-state index contributed by atoms with van der Waals surface area (Å²) in [4.78, 5) is 13.2. The van der Waals surface area contributed by atoms with Crippen LogP contribution in [0.3, 0.4) is 0 Å². The summed E-state index contributed by atoms with van der Waals surface area (Å²) in [6, 6.07) is 12.8. The number of nitrogens with zero attached hydrogens (tertiary/aromatic N) is 5. The highest BCUT2D eigenvalue weighted by Gasteiger charge is 2.33. The summed E-state index contributed by atoms with van der Waals surface area (Å²) in [6.45, 7) is -1.53. The van der Waals surface area contributed by atoms with Crippen molar-refractivity contribution in [1.29, 1.82) is 0 Å². The second-order valence-electron chi connectivity index (χ2n) is 9.58. The predicted octanol–water partition coefficient (Wildman–Crippen LogP) is 7.15. The van der Waals surface area contributed by atoms with Gasteiger partial charge in [0.1, 0.15) is 17.8 Å². The van der Waals surface area contributed by atoms with E-state index in [4.69, 9.17) is 0 Å². The Morgan fingerprint density at radius 1 is 1.00 bits per heavy atom. The summed E-state index contributed by atoms with van der Waals surface area (Å²) in [5.41, 5.74) is -0.271. The largest absolute Gasteiger partial charge is 0.416 e. The lowest BCUT2D eigenvalue weighted by molar-refractivity contribution is -0.138. The molecule has 0 atom stereocenters. The molecule has 1 aliphatic rings. The highest BCUT2D eigenvalue weighted by molar-refractivity contribution is 5.50. The van der Waals surface area contributed by atoms with E-state index in [1.54, 1.807) is 6.07 Å². The molecule has 6 nitrogen and oxygen atoms in total. The van der Waals surface area contributed by atoms with Gasteiger partial charge in [0.25, 0.3) is 5.56 Å². The minimum Gasteiger partial charge on any atom is -0.267 e. The Morgan fingerprint density at radius 2 is 1.73 bits per heavy atom. The molecule has 4 aromatic rings. The standard InChI is InChI=1S/C21H20F5N5O.C7H7F/c22-20(23)30-12-27-28-18(30)17-10-15(13-6-2-1-3-7-13)19(32)31(29-17)11-14-8-4-5-9-16(14)21(24,25)26;1-6-3-2-4-7(8)5-6/h4-5,8-10,12-13,20H,1-3,6-7,11H2;2-5H,1H3. The predicted molar refractivity (Wildman–Crippen MR) is 136 cm³/mol. The van der Waals surface area contributed by atoms with Gasteiger partial charge in [0, 0.05) is 5.56 Å². The minimum absolute atomic E-state index is 0.0348. The van der Waals surface area contributed by atoms with Crippen molar-refractivity contribution < 1.29 is 26.3 Å². The molecule has 5 rings (SSSR count). The number of alkyl halides is 5. The smallest absolute Gasteiger partial charge is 0.267 e. The molecule has 0 aliphatic heterocycles. The molecular formula is C28H27F6N5O. The van der Waals surface area contributed by atoms with Gasteiger partial charge in [-0.3, -0.25) is 9.36 Å². The minimum atomic E-state index is -4.61. The maximum absolute atomic E-state index is 13.5. The first-order valence-corrected chi connectivity index (χ1v) is 12.7. The van der Waals surface area contributed by atoms with Gasteiger partial charge >= 0.3 is 12.7 Å². The molecule has 40 heavy (non-hydrogen) atoms. The number of benzene rings is 2. The summed E-state index contributed by atoms with van der Waals surface area (Å²) < 4.78 is 80.7. The molecule has 0 saturated heterocycles. The topological polar surface area (TPSA) is 65.6 Å². The monoisotopic (exact) mass is 563 g/mol. The van der Waals surface area contributed by atoms with Crippen LogP contribution in [-0.4, -0.2) is 24.5 Å². The van der Waals surface area contributed by atoms with Crippen LogP contribution >= 0.6 is 0 Å². The van der Waals surface area contributed by atoms with Crippen LogP contribution in [0.15, 0.2) is 65.7 Å². The van der Waals surface area contributed by atoms with E-state index in [0.29, 0.717) is 10.1 Å². The Kier molecular flexibility index (Phi) is 9.06. The number of hydrogen-bond acceptors (Lipinski definition) is 4. The molecule has 2 aromatic heterocycles. The van der Waals surface area contributed by atoms with Gasteiger partial charge in [-0.1, -0.05) is 49.6 Å². The zero-order valence-electron chi connectivity index (χ0n) is 21.6. The summed E-state index contributed by atoms with van der Waals surface area (Å²) in [5.74, 6) is -0.537. The van der Waals surface area contributed by atoms with Crippen molar-refractivity contribution in [1.82, 2.24) is 24.5 Å². The molecule has 0 N–H and O–H groups in total. The van der Waals surface area contributed by atoms with Crippen molar-refractivity contribution in [3.05, 3.63) is 99.3 Å². The quantitative estimate of drug-likeness (QED) is 0.242. The second-order valence-corrected chi connectivity index (χ2v) is 9.58. The van der Waals surface area contributed by atoms with Gasteiger partial charge in [0.2, 0.25) is 0 Å². The molecule has 1 saturated carbocycles. The lowest BCUT2D eigenvalue weighted by atomic mass is 9.84. The number of hydrogen-bond donors (Lipinski definition) is 0. The van der Waals surface area contributed by atoms with Crippen molar-refractivity contribution in [2.24, 2.45) is 0 Å². The zero-order chi connectivity index (χ0) is 28.9. The molecular weight excluding hydrogens is 536 g/mol. The third-order valence-corrected chi connectivity index (χ3v) is 6.68. The van der Waals surface area contributed by atoms with Crippen LogP contribution in [0.25, 0.3) is 11.5 Å². The Labute approximate surface area is 226 Å². The summed E-state index contributed by atoms with van der Waals surface area (Å²) in [6.07, 6.45) is 0.550. The summed E-state index contributed by atoms with van der Waals surface area (Å²) in [5, 5.41) is 11.3. The van der Waals surface area contributed by atoms with E-state index in [1.165, 1.54) is 36.4 Å². The first-order chi connectivity index (χ1) is 19.0. The van der Waals surface area contributed by atoms with Gasteiger partial charge in [-0.05, 0) is 61.1 Å². The van der Waals surface area contributed by atoms with Crippen LogP contribution in [0.5, 0.6) is 0 Å². The van der Waals surface area contributed by atoms with Gasteiger partial charge in [0.05, 0.1) is 12.1 Å². The van der Waals surface area contributed by atoms with Crippen LogP contribution in [0.4, 0.5) is 26.3 Å². The van der Waals surface area contributed by atoms with E-state index < -0.39 is 30.4 Å². The van der Waals surface area contributed by atoms with Gasteiger partial charge in [0.15, 0.2) is 5.82 Å². The molecule has 0 spiro atoms. The van der Waals surface area contributed by atoms with Crippen LogP contribution < -0.4 is 5.56 Å². The van der Waals surface area contributed by atoms with Crippen molar-refractivity contribution in [3.8, 4) is 11.5 Å². The van der Waals surface area contributed by atoms with E-state index in [9.17, 15) is 31.1 Å². The maximum atomic E-state index is 13.5. The van der Waals surface area contributed by atoms with Gasteiger partial charge < -0.3 is 0 Å². The van der Waals surface area contributed by atoms with Crippen LogP contribution in [-0.2, 0) is 12.7 Å². The lowest BCUT2D eigenvalue weighted by Gasteiger charge is -2.22. The van der Waals surface area contributed by atoms with E-state index in [0.717, 1.165) is 54.7 Å². The number of aryl methyl sites for hydroxylation is 1. The van der Waals surface area contributed by atoms with Crippen LogP contribution in [0, 0.1) is 12.7 Å². The molecule has 1 aliphatic carbocycles. The van der Waals surface area contributed by atoms with Crippen molar-refractivity contribution in [2.45, 2.75) is 64.2 Å². The summed E-state index contributed by atoms with van der Waals surface area (Å²) >= 11 is 0. The molecule has 0 radical (unpaired) electrons. The molecule has 0 amide bonds. The highest BCUT2D eigenvalue weighted by atomic mass is 19.4. The van der Waals surface area contributed by atoms with Crippen LogP contribution in [0.1, 0.15) is 66.8 Å². The normalized spacial score (nSPS) is 14.2. The average Bonchev–Trinajstić information content (AvgIpc) is 3.41. The van der Waals surface area contributed by atoms with Gasteiger partial charge in [-0.25, -0.2) is 9.07 Å². The number of rotatable bonds is 5. The third kappa shape index (κ3) is 6.97. The molecule has 212 valence electrons. The lowest BCUT2D eigenvalue weighted by Crippen LogP contribution is -2.30. The number of halogens is 6. The fourth-order valence-electron chi connectivity index (χ4n) is 4.76. The third-order valence-electron chi connectivity index (χ3n) is 6.68. The zero-order valence-corrected chi connectivity index (χ0v) is 21.6. The first kappa shape index (κ1) is 29.0. The highest BCUT2D eigenvalue weighted by Crippen LogP contribution is 2.34. The van der Waals surface area contributed by atoms with Crippen molar-refractivity contribution in [2.75, 3.05) is 0 Å². The maximum Gasteiger partial charge on any atom is 0.416 e. The fourth-order valence-corrected chi connectivity index (χ4v) is 4.76. The van der Waals surface area contributed by atoms with E-state index in [1.807, 2.05) is 13.0 Å². The summed E-state index contributed by atoms with van der Waals surface area (Å²) in [7, 11) is 0. The first-order valence-electron chi connectivity index (χ1n) is 12.7. The molecule has 0 bridgehead atoms. The van der Waals surface area contributed by atoms with Crippen molar-refractivity contribution in [3.63, 3.8) is 0 Å². The van der Waals surface area contributed by atoms with Gasteiger partial charge in [-0.15, -0.1) is 10.2 Å². The molecule has 0 unspecified atom stereocenters. The SMILES string of the molecule is Cc1cccc(F)c1.O=c1c(C2CCCCC2)cc(-c2nncn2C(F)F)nn1Cc1ccccc1C(F)(F)F.